The summed E-state index contributed by atoms with van der Waals surface area (Å²) >= 11 is 17.8. The molecule has 1 N–H and O–H groups in total. The molecule has 0 radical (unpaired) electrons. The van der Waals surface area contributed by atoms with Gasteiger partial charge in [-0.3, -0.25) is 14.5 Å². The fourth-order valence-corrected chi connectivity index (χ4v) is 4.26. The number of amides is 1. The number of piperidine rings is 1. The maximum Gasteiger partial charge on any atom is 0.323 e. The second kappa shape index (κ2) is 13.8. The van der Waals surface area contributed by atoms with Crippen LogP contribution in [0.3, 0.4) is 0 Å². The Labute approximate surface area is 220 Å². The van der Waals surface area contributed by atoms with Gasteiger partial charge in [-0.25, -0.2) is 0 Å². The molecule has 3 rings (SSSR count). The number of carbonyl (C=O) groups excluding carboxylic acids is 2. The Morgan fingerprint density at radius 2 is 1.69 bits per heavy atom. The second-order valence-electron chi connectivity index (χ2n) is 8.10. The van der Waals surface area contributed by atoms with E-state index in [-0.39, 0.29) is 24.5 Å². The van der Waals surface area contributed by atoms with Gasteiger partial charge in [-0.05, 0) is 56.2 Å². The van der Waals surface area contributed by atoms with Gasteiger partial charge in [0.15, 0.2) is 6.61 Å². The summed E-state index contributed by atoms with van der Waals surface area (Å²) in [7, 11) is 0. The fourth-order valence-electron chi connectivity index (χ4n) is 3.85. The summed E-state index contributed by atoms with van der Waals surface area (Å²) in [6, 6.07) is 11.5. The van der Waals surface area contributed by atoms with Crippen LogP contribution in [0.25, 0.3) is 0 Å². The van der Waals surface area contributed by atoms with Crippen molar-refractivity contribution in [2.75, 3.05) is 32.9 Å². The number of hydrogen-bond donors (Lipinski definition) is 1. The maximum absolute atomic E-state index is 12.6. The van der Waals surface area contributed by atoms with Gasteiger partial charge in [0.1, 0.15) is 17.5 Å². The van der Waals surface area contributed by atoms with E-state index in [1.165, 1.54) is 0 Å². The van der Waals surface area contributed by atoms with Crippen LogP contribution in [0.2, 0.25) is 15.1 Å². The summed E-state index contributed by atoms with van der Waals surface area (Å²) in [5.41, 5.74) is 0. The summed E-state index contributed by atoms with van der Waals surface area (Å²) in [4.78, 5) is 27.0. The molecule has 1 atom stereocenters. The number of carbonyl (C=O) groups is 2. The van der Waals surface area contributed by atoms with E-state index in [1.807, 2.05) is 0 Å². The normalized spacial score (nSPS) is 15.3. The third kappa shape index (κ3) is 8.76. The molecule has 1 amide bonds. The van der Waals surface area contributed by atoms with E-state index in [0.29, 0.717) is 59.3 Å². The van der Waals surface area contributed by atoms with E-state index in [9.17, 15) is 9.59 Å². The number of hydrogen-bond acceptors (Lipinski definition) is 6. The monoisotopic (exact) mass is 542 g/mol. The van der Waals surface area contributed by atoms with Crippen molar-refractivity contribution in [2.45, 2.75) is 38.3 Å². The molecular formula is C25H29Cl3N2O5. The molecule has 1 heterocycles. The Morgan fingerprint density at radius 3 is 2.34 bits per heavy atom. The zero-order chi connectivity index (χ0) is 25.2. The molecule has 2 aromatic carbocycles. The van der Waals surface area contributed by atoms with Crippen LogP contribution >= 0.6 is 34.8 Å². The van der Waals surface area contributed by atoms with Crippen molar-refractivity contribution in [3.63, 3.8) is 0 Å². The van der Waals surface area contributed by atoms with Gasteiger partial charge in [0, 0.05) is 36.6 Å². The van der Waals surface area contributed by atoms with Gasteiger partial charge < -0.3 is 19.5 Å². The van der Waals surface area contributed by atoms with Crippen LogP contribution in [0.4, 0.5) is 0 Å². The maximum atomic E-state index is 12.6. The molecular weight excluding hydrogens is 515 g/mol. The van der Waals surface area contributed by atoms with Crippen molar-refractivity contribution < 1.29 is 23.8 Å². The largest absolute Gasteiger partial charge is 0.493 e. The first-order valence-electron chi connectivity index (χ1n) is 11.5. The summed E-state index contributed by atoms with van der Waals surface area (Å²) < 4.78 is 16.6. The first kappa shape index (κ1) is 27.4. The molecule has 0 bridgehead atoms. The molecule has 1 saturated heterocycles. The Kier molecular flexibility index (Phi) is 10.8. The Hall–Kier alpha value is -2.19. The van der Waals surface area contributed by atoms with Gasteiger partial charge in [-0.1, -0.05) is 34.8 Å². The lowest BCUT2D eigenvalue weighted by Crippen LogP contribution is -2.51. The molecule has 35 heavy (non-hydrogen) atoms. The highest BCUT2D eigenvalue weighted by Crippen LogP contribution is 2.26. The first-order chi connectivity index (χ1) is 16.9. The zero-order valence-corrected chi connectivity index (χ0v) is 21.7. The average molecular weight is 544 g/mol. The number of esters is 1. The summed E-state index contributed by atoms with van der Waals surface area (Å²) in [5.74, 6) is 0.712. The number of nitrogens with zero attached hydrogens (tertiary/aromatic N) is 1. The van der Waals surface area contributed by atoms with E-state index >= 15 is 0 Å². The number of ether oxygens (including phenoxy) is 3. The van der Waals surface area contributed by atoms with Crippen molar-refractivity contribution in [2.24, 2.45) is 0 Å². The van der Waals surface area contributed by atoms with Gasteiger partial charge >= 0.3 is 5.97 Å². The van der Waals surface area contributed by atoms with Gasteiger partial charge in [0.05, 0.1) is 23.3 Å². The van der Waals surface area contributed by atoms with Crippen molar-refractivity contribution >= 4 is 46.7 Å². The Bertz CT molecular complexity index is 982. The van der Waals surface area contributed by atoms with Crippen molar-refractivity contribution in [1.82, 2.24) is 10.2 Å². The predicted octanol–water partition coefficient (Wildman–Crippen LogP) is 5.01. The third-order valence-corrected chi connectivity index (χ3v) is 6.62. The lowest BCUT2D eigenvalue weighted by atomic mass is 10.0. The Morgan fingerprint density at radius 1 is 1.00 bits per heavy atom. The highest BCUT2D eigenvalue weighted by atomic mass is 35.5. The van der Waals surface area contributed by atoms with Gasteiger partial charge in [0.25, 0.3) is 5.91 Å². The van der Waals surface area contributed by atoms with E-state index in [2.05, 4.69) is 10.2 Å². The van der Waals surface area contributed by atoms with E-state index in [4.69, 9.17) is 49.0 Å². The molecule has 190 valence electrons. The van der Waals surface area contributed by atoms with E-state index in [0.717, 1.165) is 12.8 Å². The molecule has 0 spiro atoms. The minimum Gasteiger partial charge on any atom is -0.493 e. The SMILES string of the molecule is CCOC(=O)C(CCOc1ccc(Cl)c(Cl)c1)N1CCC(NC(=O)COc2ccc(Cl)cc2)CC1. The average Bonchev–Trinajstić information content (AvgIpc) is 2.84. The number of likely N-dealkylation sites (tertiary alicyclic amines) is 1. The van der Waals surface area contributed by atoms with Crippen LogP contribution < -0.4 is 14.8 Å². The van der Waals surface area contributed by atoms with Crippen molar-refractivity contribution in [3.05, 3.63) is 57.5 Å². The Balaban J connectivity index is 1.45. The number of benzene rings is 2. The van der Waals surface area contributed by atoms with Crippen molar-refractivity contribution in [1.29, 1.82) is 0 Å². The minimum absolute atomic E-state index is 0.0165. The number of rotatable bonds is 11. The van der Waals surface area contributed by atoms with Crippen LogP contribution in [-0.2, 0) is 14.3 Å². The molecule has 1 aliphatic rings. The predicted molar refractivity (Wildman–Crippen MR) is 137 cm³/mol. The highest BCUT2D eigenvalue weighted by Gasteiger charge is 2.31. The molecule has 1 unspecified atom stereocenters. The topological polar surface area (TPSA) is 77.1 Å². The van der Waals surface area contributed by atoms with Gasteiger partial charge in [-0.15, -0.1) is 0 Å². The lowest BCUT2D eigenvalue weighted by Gasteiger charge is -2.36. The van der Waals surface area contributed by atoms with Crippen LogP contribution in [0.5, 0.6) is 11.5 Å². The molecule has 7 nitrogen and oxygen atoms in total. The highest BCUT2D eigenvalue weighted by molar-refractivity contribution is 6.42. The molecule has 2 aromatic rings. The summed E-state index contributed by atoms with van der Waals surface area (Å²) in [5, 5.41) is 4.48. The van der Waals surface area contributed by atoms with Gasteiger partial charge in [0.2, 0.25) is 0 Å². The zero-order valence-electron chi connectivity index (χ0n) is 19.5. The summed E-state index contributed by atoms with van der Waals surface area (Å²) in [6.45, 7) is 3.65. The first-order valence-corrected chi connectivity index (χ1v) is 12.7. The fraction of sp³-hybridized carbons (Fsp3) is 0.440. The lowest BCUT2D eigenvalue weighted by molar-refractivity contribution is -0.150. The molecule has 0 saturated carbocycles. The minimum atomic E-state index is -0.428. The van der Waals surface area contributed by atoms with Crippen LogP contribution in [-0.4, -0.2) is 61.8 Å². The van der Waals surface area contributed by atoms with E-state index in [1.54, 1.807) is 49.4 Å². The standard InChI is InChI=1S/C25H29Cl3N2O5/c1-2-33-25(32)23(11-14-34-20-7-8-21(27)22(28)15-20)30-12-9-18(10-13-30)29-24(31)16-35-19-5-3-17(26)4-6-19/h3-8,15,18,23H,2,9-14,16H2,1H3,(H,29,31). The van der Waals surface area contributed by atoms with E-state index < -0.39 is 6.04 Å². The number of nitrogens with one attached hydrogen (secondary N) is 1. The molecule has 0 aliphatic carbocycles. The second-order valence-corrected chi connectivity index (χ2v) is 9.35. The summed E-state index contributed by atoms with van der Waals surface area (Å²) in [6.07, 6.45) is 1.90. The quantitative estimate of drug-likeness (QED) is 0.402. The number of halogens is 3. The van der Waals surface area contributed by atoms with Gasteiger partial charge in [-0.2, -0.15) is 0 Å². The van der Waals surface area contributed by atoms with Crippen LogP contribution in [0, 0.1) is 0 Å². The van der Waals surface area contributed by atoms with Crippen LogP contribution in [0.1, 0.15) is 26.2 Å². The smallest absolute Gasteiger partial charge is 0.323 e. The van der Waals surface area contributed by atoms with Crippen molar-refractivity contribution in [3.8, 4) is 11.5 Å². The molecule has 10 heteroatoms. The van der Waals surface area contributed by atoms with Crippen LogP contribution in [0.15, 0.2) is 42.5 Å². The third-order valence-electron chi connectivity index (χ3n) is 5.63. The molecule has 1 aliphatic heterocycles. The molecule has 1 fully saturated rings. The molecule has 0 aromatic heterocycles.